The third kappa shape index (κ3) is 3.61. The molecule has 4 atom stereocenters. The van der Waals surface area contributed by atoms with Gasteiger partial charge in [-0.05, 0) is 24.3 Å². The van der Waals surface area contributed by atoms with Gasteiger partial charge < -0.3 is 39.1 Å². The zero-order chi connectivity index (χ0) is 22.3. The summed E-state index contributed by atoms with van der Waals surface area (Å²) in [5.74, 6) is 0.528. The summed E-state index contributed by atoms with van der Waals surface area (Å²) in [5.41, 5.74) is 0.171. The summed E-state index contributed by atoms with van der Waals surface area (Å²) in [4.78, 5) is 12.9. The average Bonchev–Trinajstić information content (AvgIpc) is 2.77. The van der Waals surface area contributed by atoms with Gasteiger partial charge in [-0.25, -0.2) is 0 Å². The Balaban J connectivity index is 1.86. The van der Waals surface area contributed by atoms with Gasteiger partial charge in [0.15, 0.2) is 5.43 Å². The summed E-state index contributed by atoms with van der Waals surface area (Å²) in [6, 6.07) is 9.56. The Morgan fingerprint density at radius 1 is 1.00 bits per heavy atom. The minimum atomic E-state index is -1.55. The molecule has 164 valence electrons. The van der Waals surface area contributed by atoms with Gasteiger partial charge >= 0.3 is 0 Å². The fraction of sp³-hybridized carbons (Fsp3) is 0.318. The van der Waals surface area contributed by atoms with Gasteiger partial charge in [-0.2, -0.15) is 0 Å². The number of aliphatic hydroxyl groups is 3. The first-order chi connectivity index (χ1) is 14.8. The van der Waals surface area contributed by atoms with Crippen LogP contribution in [0.15, 0.2) is 45.6 Å². The second kappa shape index (κ2) is 8.20. The lowest BCUT2D eigenvalue weighted by molar-refractivity contribution is -0.189. The molecule has 3 aromatic rings. The molecule has 1 fully saturated rings. The van der Waals surface area contributed by atoms with E-state index in [9.17, 15) is 25.2 Å². The molecule has 1 aromatic heterocycles. The van der Waals surface area contributed by atoms with Gasteiger partial charge in [-0.1, -0.05) is 0 Å². The Morgan fingerprint density at radius 2 is 1.71 bits per heavy atom. The fourth-order valence-corrected chi connectivity index (χ4v) is 3.70. The summed E-state index contributed by atoms with van der Waals surface area (Å²) >= 11 is 0. The lowest BCUT2D eigenvalue weighted by atomic mass is 9.92. The first kappa shape index (κ1) is 21.1. The van der Waals surface area contributed by atoms with Crippen LogP contribution in [0, 0.1) is 0 Å². The van der Waals surface area contributed by atoms with Crippen molar-refractivity contribution in [3.8, 4) is 28.6 Å². The molecule has 9 heteroatoms. The lowest BCUT2D eigenvalue weighted by Gasteiger charge is -2.36. The minimum Gasteiger partial charge on any atom is -0.506 e. The Labute approximate surface area is 176 Å². The molecule has 1 aliphatic heterocycles. The average molecular weight is 430 g/mol. The van der Waals surface area contributed by atoms with Crippen LogP contribution in [0.25, 0.3) is 22.3 Å². The van der Waals surface area contributed by atoms with Crippen molar-refractivity contribution >= 4 is 11.0 Å². The SMILES string of the molecule is COc1ccc(-c2cc(=O)c3c(O)c(C4OCC(O)C(O)C4O)c(OC)cc3o2)cc1. The van der Waals surface area contributed by atoms with Crippen molar-refractivity contribution in [1.29, 1.82) is 0 Å². The van der Waals surface area contributed by atoms with Gasteiger partial charge in [0.25, 0.3) is 0 Å². The number of rotatable bonds is 4. The van der Waals surface area contributed by atoms with Crippen molar-refractivity contribution in [2.75, 3.05) is 20.8 Å². The van der Waals surface area contributed by atoms with E-state index in [0.717, 1.165) is 0 Å². The lowest BCUT2D eigenvalue weighted by Crippen LogP contribution is -2.49. The number of methoxy groups -OCH3 is 2. The van der Waals surface area contributed by atoms with Crippen LogP contribution in [-0.2, 0) is 4.74 Å². The smallest absolute Gasteiger partial charge is 0.197 e. The Morgan fingerprint density at radius 3 is 2.35 bits per heavy atom. The molecule has 0 bridgehead atoms. The van der Waals surface area contributed by atoms with Crippen molar-refractivity contribution < 1.29 is 39.1 Å². The summed E-state index contributed by atoms with van der Waals surface area (Å²) in [6.45, 7) is -0.269. The van der Waals surface area contributed by atoms with Crippen molar-refractivity contribution in [1.82, 2.24) is 0 Å². The summed E-state index contributed by atoms with van der Waals surface area (Å²) in [6.07, 6.45) is -5.55. The molecule has 0 radical (unpaired) electrons. The Bertz CT molecular complexity index is 1150. The topological polar surface area (TPSA) is 139 Å². The number of aromatic hydroxyl groups is 1. The first-order valence-electron chi connectivity index (χ1n) is 9.53. The van der Waals surface area contributed by atoms with E-state index in [1.807, 2.05) is 0 Å². The van der Waals surface area contributed by atoms with E-state index in [1.54, 1.807) is 31.4 Å². The number of benzene rings is 2. The third-order valence-corrected chi connectivity index (χ3v) is 5.37. The molecule has 0 amide bonds. The zero-order valence-corrected chi connectivity index (χ0v) is 16.8. The van der Waals surface area contributed by atoms with Crippen LogP contribution in [0.2, 0.25) is 0 Å². The third-order valence-electron chi connectivity index (χ3n) is 5.37. The molecule has 9 nitrogen and oxygen atoms in total. The maximum absolute atomic E-state index is 12.9. The fourth-order valence-electron chi connectivity index (χ4n) is 3.70. The van der Waals surface area contributed by atoms with Crippen LogP contribution in [0.5, 0.6) is 17.2 Å². The van der Waals surface area contributed by atoms with Gasteiger partial charge in [0.05, 0.1) is 26.4 Å². The Hall–Kier alpha value is -3.11. The van der Waals surface area contributed by atoms with Crippen LogP contribution < -0.4 is 14.9 Å². The number of phenols is 1. The molecule has 2 heterocycles. The molecule has 31 heavy (non-hydrogen) atoms. The molecule has 4 rings (SSSR count). The highest BCUT2D eigenvalue weighted by Gasteiger charge is 2.41. The maximum Gasteiger partial charge on any atom is 0.197 e. The van der Waals surface area contributed by atoms with E-state index < -0.39 is 35.6 Å². The van der Waals surface area contributed by atoms with Crippen molar-refractivity contribution in [2.24, 2.45) is 0 Å². The van der Waals surface area contributed by atoms with E-state index in [0.29, 0.717) is 11.3 Å². The molecular formula is C22H22O9. The number of phenolic OH excluding ortho intramolecular Hbond substituents is 1. The molecule has 0 saturated carbocycles. The summed E-state index contributed by atoms with van der Waals surface area (Å²) in [5, 5.41) is 40.9. The van der Waals surface area contributed by atoms with Gasteiger partial charge in [0.2, 0.25) is 0 Å². The van der Waals surface area contributed by atoms with Gasteiger partial charge in [-0.15, -0.1) is 0 Å². The quantitative estimate of drug-likeness (QED) is 0.483. The number of fused-ring (bicyclic) bond motifs is 1. The van der Waals surface area contributed by atoms with Crippen molar-refractivity contribution in [3.05, 3.63) is 52.2 Å². The van der Waals surface area contributed by atoms with Gasteiger partial charge in [0.1, 0.15) is 58.4 Å². The van der Waals surface area contributed by atoms with Crippen LogP contribution in [0.3, 0.4) is 0 Å². The number of ether oxygens (including phenoxy) is 3. The maximum atomic E-state index is 12.9. The summed E-state index contributed by atoms with van der Waals surface area (Å²) in [7, 11) is 2.89. The second-order valence-electron chi connectivity index (χ2n) is 7.22. The van der Waals surface area contributed by atoms with E-state index in [4.69, 9.17) is 18.6 Å². The number of hydrogen-bond acceptors (Lipinski definition) is 9. The van der Waals surface area contributed by atoms with Gasteiger partial charge in [0, 0.05) is 17.7 Å². The standard InChI is InChI=1S/C22H22O9/c1-28-11-5-3-10(4-6-11)14-7-12(23)17-16(31-14)8-15(29-2)18(20(17)26)22-21(27)19(25)13(24)9-30-22/h3-8,13,19,21-22,24-27H,9H2,1-2H3. The Kier molecular flexibility index (Phi) is 5.59. The van der Waals surface area contributed by atoms with Crippen LogP contribution in [0.4, 0.5) is 0 Å². The summed E-state index contributed by atoms with van der Waals surface area (Å²) < 4.78 is 21.8. The van der Waals surface area contributed by atoms with E-state index in [1.165, 1.54) is 19.2 Å². The minimum absolute atomic E-state index is 0.0158. The molecule has 0 spiro atoms. The van der Waals surface area contributed by atoms with Crippen LogP contribution in [0.1, 0.15) is 11.7 Å². The molecule has 1 saturated heterocycles. The molecule has 4 N–H and O–H groups in total. The first-order valence-corrected chi connectivity index (χ1v) is 9.53. The largest absolute Gasteiger partial charge is 0.506 e. The number of hydrogen-bond donors (Lipinski definition) is 4. The molecule has 0 aliphatic carbocycles. The normalized spacial score (nSPS) is 23.6. The van der Waals surface area contributed by atoms with E-state index >= 15 is 0 Å². The number of aliphatic hydroxyl groups excluding tert-OH is 3. The predicted molar refractivity (Wildman–Crippen MR) is 109 cm³/mol. The van der Waals surface area contributed by atoms with Crippen LogP contribution >= 0.6 is 0 Å². The highest BCUT2D eigenvalue weighted by Crippen LogP contribution is 2.44. The van der Waals surface area contributed by atoms with Crippen molar-refractivity contribution in [3.63, 3.8) is 0 Å². The predicted octanol–water partition coefficient (Wildman–Crippen LogP) is 1.34. The van der Waals surface area contributed by atoms with Crippen molar-refractivity contribution in [2.45, 2.75) is 24.4 Å². The highest BCUT2D eigenvalue weighted by molar-refractivity contribution is 5.88. The molecule has 4 unspecified atom stereocenters. The second-order valence-corrected chi connectivity index (χ2v) is 7.22. The van der Waals surface area contributed by atoms with E-state index in [2.05, 4.69) is 0 Å². The molecular weight excluding hydrogens is 408 g/mol. The molecule has 1 aliphatic rings. The van der Waals surface area contributed by atoms with Crippen LogP contribution in [-0.4, -0.2) is 59.6 Å². The van der Waals surface area contributed by atoms with Gasteiger partial charge in [-0.3, -0.25) is 4.79 Å². The monoisotopic (exact) mass is 430 g/mol. The van der Waals surface area contributed by atoms with E-state index in [-0.39, 0.29) is 34.6 Å². The zero-order valence-electron chi connectivity index (χ0n) is 16.8. The highest BCUT2D eigenvalue weighted by atomic mass is 16.5. The molecule has 2 aromatic carbocycles.